The number of ether oxygens (including phenoxy) is 2. The van der Waals surface area contributed by atoms with E-state index >= 15 is 0 Å². The van der Waals surface area contributed by atoms with E-state index in [1.165, 1.54) is 0 Å². The number of benzene rings is 1. The molecule has 1 atom stereocenters. The molecule has 2 rings (SSSR count). The van der Waals surface area contributed by atoms with Gasteiger partial charge in [0.25, 0.3) is 0 Å². The zero-order valence-electron chi connectivity index (χ0n) is 14.4. The molecular formula is C18H28N2O3. The molecule has 1 aromatic carbocycles. The third kappa shape index (κ3) is 4.61. The Hall–Kier alpha value is -1.75. The fraction of sp³-hybridized carbons (Fsp3) is 0.611. The number of amides is 1. The summed E-state index contributed by atoms with van der Waals surface area (Å²) in [6, 6.07) is 5.75. The van der Waals surface area contributed by atoms with Crippen LogP contribution in [0.25, 0.3) is 0 Å². The number of hydrogen-bond donors (Lipinski definition) is 1. The van der Waals surface area contributed by atoms with Gasteiger partial charge < -0.3 is 14.8 Å². The highest BCUT2D eigenvalue weighted by molar-refractivity contribution is 5.82. The minimum atomic E-state index is 0.0293. The molecule has 0 bridgehead atoms. The first-order valence-electron chi connectivity index (χ1n) is 8.42. The van der Waals surface area contributed by atoms with Crippen LogP contribution in [-0.4, -0.2) is 44.2 Å². The summed E-state index contributed by atoms with van der Waals surface area (Å²) in [5, 5.41) is 3.06. The van der Waals surface area contributed by atoms with Gasteiger partial charge in [-0.15, -0.1) is 0 Å². The van der Waals surface area contributed by atoms with Crippen molar-refractivity contribution in [3.8, 4) is 11.5 Å². The summed E-state index contributed by atoms with van der Waals surface area (Å²) >= 11 is 0. The Morgan fingerprint density at radius 1 is 1.30 bits per heavy atom. The van der Waals surface area contributed by atoms with Gasteiger partial charge in [0.2, 0.25) is 5.91 Å². The molecule has 5 heteroatoms. The topological polar surface area (TPSA) is 50.8 Å². The van der Waals surface area contributed by atoms with E-state index in [2.05, 4.69) is 17.1 Å². The highest BCUT2D eigenvalue weighted by atomic mass is 16.5. The molecule has 1 heterocycles. The van der Waals surface area contributed by atoms with E-state index in [1.807, 2.05) is 18.2 Å². The molecule has 5 nitrogen and oxygen atoms in total. The smallest absolute Gasteiger partial charge is 0.237 e. The van der Waals surface area contributed by atoms with Gasteiger partial charge in [-0.2, -0.15) is 0 Å². The van der Waals surface area contributed by atoms with E-state index < -0.39 is 0 Å². The maximum absolute atomic E-state index is 12.5. The van der Waals surface area contributed by atoms with Gasteiger partial charge in [0.05, 0.1) is 20.3 Å². The normalized spacial score (nSPS) is 18.0. The summed E-state index contributed by atoms with van der Waals surface area (Å²) in [6.45, 7) is 4.75. The Morgan fingerprint density at radius 2 is 2.09 bits per heavy atom. The van der Waals surface area contributed by atoms with E-state index in [9.17, 15) is 4.79 Å². The van der Waals surface area contributed by atoms with Crippen LogP contribution in [0.5, 0.6) is 11.5 Å². The van der Waals surface area contributed by atoms with E-state index in [-0.39, 0.29) is 11.9 Å². The van der Waals surface area contributed by atoms with Crippen LogP contribution in [-0.2, 0) is 11.3 Å². The number of nitrogens with one attached hydrogen (secondary N) is 1. The number of unbranched alkanes of at least 4 members (excludes halogenated alkanes) is 1. The fourth-order valence-corrected chi connectivity index (χ4v) is 3.05. The van der Waals surface area contributed by atoms with Crippen molar-refractivity contribution in [3.05, 3.63) is 23.8 Å². The third-order valence-electron chi connectivity index (χ3n) is 4.38. The van der Waals surface area contributed by atoms with Gasteiger partial charge in [-0.05, 0) is 50.0 Å². The number of likely N-dealkylation sites (tertiary alicyclic amines) is 1. The van der Waals surface area contributed by atoms with Crippen LogP contribution in [0.4, 0.5) is 0 Å². The molecule has 1 aliphatic heterocycles. The molecule has 0 unspecified atom stereocenters. The van der Waals surface area contributed by atoms with Crippen LogP contribution < -0.4 is 14.8 Å². The molecule has 128 valence electrons. The molecule has 0 aromatic heterocycles. The van der Waals surface area contributed by atoms with E-state index in [0.29, 0.717) is 18.0 Å². The van der Waals surface area contributed by atoms with Crippen molar-refractivity contribution in [3.63, 3.8) is 0 Å². The summed E-state index contributed by atoms with van der Waals surface area (Å²) in [6.07, 6.45) is 4.38. The zero-order valence-corrected chi connectivity index (χ0v) is 14.4. The number of rotatable bonds is 8. The SMILES string of the molecule is CCCCN1CCC[C@H]1C(=O)NCc1ccc(OC)c(OC)c1. The Balaban J connectivity index is 1.91. The lowest BCUT2D eigenvalue weighted by atomic mass is 10.1. The molecule has 0 radical (unpaired) electrons. The standard InChI is InChI=1S/C18H28N2O3/c1-4-5-10-20-11-6-7-15(20)18(21)19-13-14-8-9-16(22-2)17(12-14)23-3/h8-9,12,15H,4-7,10-11,13H2,1-3H3,(H,19,21)/t15-/m0/s1. The van der Waals surface area contributed by atoms with Crippen molar-refractivity contribution in [2.24, 2.45) is 0 Å². The van der Waals surface area contributed by atoms with E-state index in [0.717, 1.165) is 44.3 Å². The summed E-state index contributed by atoms with van der Waals surface area (Å²) in [7, 11) is 3.23. The lowest BCUT2D eigenvalue weighted by Crippen LogP contribution is -2.43. The summed E-state index contributed by atoms with van der Waals surface area (Å²) in [5.41, 5.74) is 1.01. The van der Waals surface area contributed by atoms with Crippen LogP contribution in [0.1, 0.15) is 38.2 Å². The van der Waals surface area contributed by atoms with Crippen LogP contribution in [0, 0.1) is 0 Å². The predicted octanol–water partition coefficient (Wildman–Crippen LogP) is 2.58. The van der Waals surface area contributed by atoms with E-state index in [4.69, 9.17) is 9.47 Å². The van der Waals surface area contributed by atoms with Crippen LogP contribution in [0.2, 0.25) is 0 Å². The van der Waals surface area contributed by atoms with Crippen LogP contribution in [0.15, 0.2) is 18.2 Å². The minimum Gasteiger partial charge on any atom is -0.493 e. The van der Waals surface area contributed by atoms with Crippen molar-refractivity contribution < 1.29 is 14.3 Å². The van der Waals surface area contributed by atoms with Gasteiger partial charge in [0.15, 0.2) is 11.5 Å². The summed E-state index contributed by atoms with van der Waals surface area (Å²) in [5.74, 6) is 1.52. The van der Waals surface area contributed by atoms with Crippen molar-refractivity contribution in [1.29, 1.82) is 0 Å². The molecule has 1 aliphatic rings. The number of hydrogen-bond acceptors (Lipinski definition) is 4. The number of nitrogens with zero attached hydrogens (tertiary/aromatic N) is 1. The number of carbonyl (C=O) groups excluding carboxylic acids is 1. The molecule has 23 heavy (non-hydrogen) atoms. The van der Waals surface area contributed by atoms with Crippen molar-refractivity contribution in [2.45, 2.75) is 45.2 Å². The van der Waals surface area contributed by atoms with Crippen molar-refractivity contribution >= 4 is 5.91 Å². The highest BCUT2D eigenvalue weighted by Gasteiger charge is 2.29. The molecule has 1 fully saturated rings. The molecule has 0 aliphatic carbocycles. The second kappa shape index (κ2) is 8.77. The summed E-state index contributed by atoms with van der Waals surface area (Å²) < 4.78 is 10.5. The van der Waals surface area contributed by atoms with E-state index in [1.54, 1.807) is 14.2 Å². The largest absolute Gasteiger partial charge is 0.493 e. The Labute approximate surface area is 139 Å². The average molecular weight is 320 g/mol. The van der Waals surface area contributed by atoms with Crippen LogP contribution in [0.3, 0.4) is 0 Å². The quantitative estimate of drug-likeness (QED) is 0.800. The second-order valence-corrected chi connectivity index (χ2v) is 5.95. The first-order valence-corrected chi connectivity index (χ1v) is 8.42. The predicted molar refractivity (Wildman–Crippen MR) is 90.9 cm³/mol. The summed E-state index contributed by atoms with van der Waals surface area (Å²) in [4.78, 5) is 14.8. The molecule has 1 N–H and O–H groups in total. The van der Waals surface area contributed by atoms with Crippen molar-refractivity contribution in [1.82, 2.24) is 10.2 Å². The Bertz CT molecular complexity index is 519. The second-order valence-electron chi connectivity index (χ2n) is 5.95. The monoisotopic (exact) mass is 320 g/mol. The van der Waals surface area contributed by atoms with Gasteiger partial charge in [-0.1, -0.05) is 19.4 Å². The minimum absolute atomic E-state index is 0.0293. The maximum Gasteiger partial charge on any atom is 0.237 e. The fourth-order valence-electron chi connectivity index (χ4n) is 3.05. The third-order valence-corrected chi connectivity index (χ3v) is 4.38. The van der Waals surface area contributed by atoms with Gasteiger partial charge >= 0.3 is 0 Å². The number of methoxy groups -OCH3 is 2. The average Bonchev–Trinajstić information content (AvgIpc) is 3.06. The van der Waals surface area contributed by atoms with Gasteiger partial charge in [0.1, 0.15) is 0 Å². The first kappa shape index (κ1) is 17.6. The zero-order chi connectivity index (χ0) is 16.7. The molecule has 1 aromatic rings. The Kier molecular flexibility index (Phi) is 6.71. The van der Waals surface area contributed by atoms with Gasteiger partial charge in [0, 0.05) is 6.54 Å². The van der Waals surface area contributed by atoms with Crippen molar-refractivity contribution in [2.75, 3.05) is 27.3 Å². The number of carbonyl (C=O) groups is 1. The van der Waals surface area contributed by atoms with Crippen LogP contribution >= 0.6 is 0 Å². The Morgan fingerprint density at radius 3 is 2.78 bits per heavy atom. The van der Waals surface area contributed by atoms with Gasteiger partial charge in [-0.3, -0.25) is 9.69 Å². The first-order chi connectivity index (χ1) is 11.2. The highest BCUT2D eigenvalue weighted by Crippen LogP contribution is 2.27. The molecule has 1 amide bonds. The lowest BCUT2D eigenvalue weighted by Gasteiger charge is -2.23. The molecule has 0 spiro atoms. The van der Waals surface area contributed by atoms with Gasteiger partial charge in [-0.25, -0.2) is 0 Å². The molecule has 1 saturated heterocycles. The lowest BCUT2D eigenvalue weighted by molar-refractivity contribution is -0.125. The maximum atomic E-state index is 12.5. The molecular weight excluding hydrogens is 292 g/mol. The molecule has 0 saturated carbocycles.